The van der Waals surface area contributed by atoms with Crippen LogP contribution in [0.4, 0.5) is 0 Å². The van der Waals surface area contributed by atoms with E-state index in [1.54, 1.807) is 18.0 Å². The Balaban J connectivity index is 1.78. The molecule has 0 aliphatic heterocycles. The van der Waals surface area contributed by atoms with E-state index in [-0.39, 0.29) is 0 Å². The summed E-state index contributed by atoms with van der Waals surface area (Å²) in [5.41, 5.74) is 1.23. The van der Waals surface area contributed by atoms with E-state index >= 15 is 0 Å². The number of nitrogens with zero attached hydrogens (tertiary/aromatic N) is 4. The highest BCUT2D eigenvalue weighted by Gasteiger charge is 2.12. The molecule has 25 heavy (non-hydrogen) atoms. The molecule has 0 bridgehead atoms. The first kappa shape index (κ1) is 17.9. The summed E-state index contributed by atoms with van der Waals surface area (Å²) < 4.78 is 8.43. The molecule has 0 N–H and O–H groups in total. The summed E-state index contributed by atoms with van der Waals surface area (Å²) in [6.07, 6.45) is 3.53. The molecule has 0 spiro atoms. The third-order valence-electron chi connectivity index (χ3n) is 3.49. The van der Waals surface area contributed by atoms with Crippen LogP contribution in [0, 0.1) is 6.92 Å². The Morgan fingerprint density at radius 3 is 2.68 bits per heavy atom. The maximum absolute atomic E-state index is 5.55. The second kappa shape index (κ2) is 8.49. The third-order valence-corrected chi connectivity index (χ3v) is 5.01. The van der Waals surface area contributed by atoms with Crippen molar-refractivity contribution in [1.29, 1.82) is 0 Å². The molecule has 0 saturated heterocycles. The highest BCUT2D eigenvalue weighted by atomic mass is 79.9. The van der Waals surface area contributed by atoms with Gasteiger partial charge < -0.3 is 4.42 Å². The summed E-state index contributed by atoms with van der Waals surface area (Å²) in [6, 6.07) is 12.1. The predicted molar refractivity (Wildman–Crippen MR) is 104 cm³/mol. The van der Waals surface area contributed by atoms with Gasteiger partial charge in [-0.2, -0.15) is 9.78 Å². The van der Waals surface area contributed by atoms with Crippen LogP contribution in [0.3, 0.4) is 0 Å². The second-order valence-corrected chi connectivity index (χ2v) is 7.43. The molecule has 5 nitrogen and oxygen atoms in total. The molecule has 0 aliphatic rings. The topological polar surface area (TPSA) is 56.2 Å². The lowest BCUT2D eigenvalue weighted by Gasteiger charge is -2.04. The van der Waals surface area contributed by atoms with Crippen molar-refractivity contribution in [2.24, 2.45) is 5.10 Å². The molecule has 0 fully saturated rings. The highest BCUT2D eigenvalue weighted by molar-refractivity contribution is 9.10. The SMILES string of the molecule is CCCc1nnc(SCc2ccc(Br)cc2)n1/N=C/c1ccc(C)o1. The molecule has 7 heteroatoms. The van der Waals surface area contributed by atoms with Gasteiger partial charge in [0.25, 0.3) is 0 Å². The zero-order chi connectivity index (χ0) is 17.6. The highest BCUT2D eigenvalue weighted by Crippen LogP contribution is 2.23. The number of aryl methyl sites for hydroxylation is 2. The van der Waals surface area contributed by atoms with E-state index in [1.165, 1.54) is 5.56 Å². The minimum absolute atomic E-state index is 0.720. The smallest absolute Gasteiger partial charge is 0.212 e. The van der Waals surface area contributed by atoms with Crippen LogP contribution in [-0.4, -0.2) is 21.1 Å². The van der Waals surface area contributed by atoms with Gasteiger partial charge in [0, 0.05) is 16.6 Å². The van der Waals surface area contributed by atoms with Crippen molar-refractivity contribution in [3.63, 3.8) is 0 Å². The molecule has 0 amide bonds. The molecule has 0 saturated carbocycles. The monoisotopic (exact) mass is 418 g/mol. The molecular formula is C18H19BrN4OS. The summed E-state index contributed by atoms with van der Waals surface area (Å²) >= 11 is 5.08. The maximum atomic E-state index is 5.55. The van der Waals surface area contributed by atoms with Crippen LogP contribution in [-0.2, 0) is 12.2 Å². The van der Waals surface area contributed by atoms with E-state index in [0.29, 0.717) is 0 Å². The lowest BCUT2D eigenvalue weighted by molar-refractivity contribution is 0.527. The lowest BCUT2D eigenvalue weighted by atomic mass is 10.2. The Hall–Kier alpha value is -1.86. The summed E-state index contributed by atoms with van der Waals surface area (Å²) in [5.74, 6) is 3.26. The third kappa shape index (κ3) is 4.83. The molecular weight excluding hydrogens is 400 g/mol. The number of halogens is 1. The zero-order valence-corrected chi connectivity index (χ0v) is 16.5. The van der Waals surface area contributed by atoms with Gasteiger partial charge >= 0.3 is 0 Å². The van der Waals surface area contributed by atoms with E-state index in [9.17, 15) is 0 Å². The van der Waals surface area contributed by atoms with Crippen molar-refractivity contribution < 1.29 is 4.42 Å². The molecule has 130 valence electrons. The number of thioether (sulfide) groups is 1. The maximum Gasteiger partial charge on any atom is 0.212 e. The molecule has 1 aromatic carbocycles. The van der Waals surface area contributed by atoms with Crippen LogP contribution in [0.25, 0.3) is 0 Å². The molecule has 0 radical (unpaired) electrons. The summed E-state index contributed by atoms with van der Waals surface area (Å²) in [5, 5.41) is 13.9. The summed E-state index contributed by atoms with van der Waals surface area (Å²) in [4.78, 5) is 0. The van der Waals surface area contributed by atoms with E-state index in [2.05, 4.69) is 50.3 Å². The van der Waals surface area contributed by atoms with Crippen LogP contribution in [0.5, 0.6) is 0 Å². The van der Waals surface area contributed by atoms with Gasteiger partial charge in [0.05, 0.1) is 6.21 Å². The van der Waals surface area contributed by atoms with Gasteiger partial charge in [-0.3, -0.25) is 0 Å². The molecule has 0 atom stereocenters. The number of furan rings is 1. The van der Waals surface area contributed by atoms with E-state index in [4.69, 9.17) is 4.42 Å². The van der Waals surface area contributed by atoms with Crippen molar-refractivity contribution in [2.45, 2.75) is 37.6 Å². The van der Waals surface area contributed by atoms with Crippen LogP contribution in [0.15, 0.2) is 55.5 Å². The quantitative estimate of drug-likeness (QED) is 0.396. The molecule has 3 rings (SSSR count). The minimum atomic E-state index is 0.720. The van der Waals surface area contributed by atoms with E-state index in [1.807, 2.05) is 35.9 Å². The first-order chi connectivity index (χ1) is 12.2. The number of rotatable bonds is 7. The Morgan fingerprint density at radius 1 is 1.20 bits per heavy atom. The molecule has 0 unspecified atom stereocenters. The number of aromatic nitrogens is 3. The van der Waals surface area contributed by atoms with Gasteiger partial charge in [0.15, 0.2) is 5.82 Å². The first-order valence-corrected chi connectivity index (χ1v) is 9.86. The molecule has 3 aromatic rings. The molecule has 2 aromatic heterocycles. The Labute approximate surface area is 159 Å². The van der Waals surface area contributed by atoms with Crippen LogP contribution in [0.1, 0.15) is 36.3 Å². The Morgan fingerprint density at radius 2 is 2.00 bits per heavy atom. The first-order valence-electron chi connectivity index (χ1n) is 8.08. The average Bonchev–Trinajstić information content (AvgIpc) is 3.19. The van der Waals surface area contributed by atoms with Crippen LogP contribution < -0.4 is 0 Å². The van der Waals surface area contributed by atoms with Crippen molar-refractivity contribution >= 4 is 33.9 Å². The van der Waals surface area contributed by atoms with Crippen molar-refractivity contribution in [2.75, 3.05) is 0 Å². The van der Waals surface area contributed by atoms with E-state index < -0.39 is 0 Å². The average molecular weight is 419 g/mol. The van der Waals surface area contributed by atoms with Crippen LogP contribution >= 0.6 is 27.7 Å². The summed E-state index contributed by atoms with van der Waals surface area (Å²) in [7, 11) is 0. The second-order valence-electron chi connectivity index (χ2n) is 5.57. The number of hydrogen-bond donors (Lipinski definition) is 0. The van der Waals surface area contributed by atoms with Gasteiger partial charge in [-0.05, 0) is 43.2 Å². The van der Waals surface area contributed by atoms with Gasteiger partial charge in [0.1, 0.15) is 11.5 Å². The van der Waals surface area contributed by atoms with Gasteiger partial charge in [0.2, 0.25) is 5.16 Å². The zero-order valence-electron chi connectivity index (χ0n) is 14.1. The Kier molecular flexibility index (Phi) is 6.09. The number of hydrogen-bond acceptors (Lipinski definition) is 5. The van der Waals surface area contributed by atoms with Crippen molar-refractivity contribution in [3.05, 3.63) is 63.8 Å². The number of benzene rings is 1. The van der Waals surface area contributed by atoms with Crippen molar-refractivity contribution in [3.8, 4) is 0 Å². The fourth-order valence-corrected chi connectivity index (χ4v) is 3.37. The molecule has 2 heterocycles. The van der Waals surface area contributed by atoms with Crippen LogP contribution in [0.2, 0.25) is 0 Å². The minimum Gasteiger partial charge on any atom is -0.460 e. The molecule has 0 aliphatic carbocycles. The van der Waals surface area contributed by atoms with Gasteiger partial charge in [-0.1, -0.05) is 46.7 Å². The summed E-state index contributed by atoms with van der Waals surface area (Å²) in [6.45, 7) is 4.03. The van der Waals surface area contributed by atoms with Gasteiger partial charge in [-0.25, -0.2) is 0 Å². The van der Waals surface area contributed by atoms with Crippen molar-refractivity contribution in [1.82, 2.24) is 14.9 Å². The van der Waals surface area contributed by atoms with Gasteiger partial charge in [-0.15, -0.1) is 10.2 Å². The predicted octanol–water partition coefficient (Wildman–Crippen LogP) is 5.07. The Bertz CT molecular complexity index is 854. The largest absolute Gasteiger partial charge is 0.460 e. The lowest BCUT2D eigenvalue weighted by Crippen LogP contribution is -2.00. The normalized spacial score (nSPS) is 11.5. The fraction of sp³-hybridized carbons (Fsp3) is 0.278. The fourth-order valence-electron chi connectivity index (χ4n) is 2.25. The van der Waals surface area contributed by atoms with E-state index in [0.717, 1.165) is 45.6 Å². The standard InChI is InChI=1S/C18H19BrN4OS/c1-3-4-17-21-22-18(25-12-14-6-8-15(19)9-7-14)23(17)20-11-16-10-5-13(2)24-16/h5-11H,3-4,12H2,1-2H3/b20-11+.